The topological polar surface area (TPSA) is 71.0 Å². The van der Waals surface area contributed by atoms with Crippen LogP contribution in [-0.2, 0) is 11.3 Å². The second-order valence-corrected chi connectivity index (χ2v) is 6.62. The predicted octanol–water partition coefficient (Wildman–Crippen LogP) is 2.96. The highest BCUT2D eigenvalue weighted by Gasteiger charge is 2.31. The molecule has 3 aromatic rings. The molecule has 0 saturated carbocycles. The van der Waals surface area contributed by atoms with Gasteiger partial charge in [0, 0.05) is 13.1 Å². The van der Waals surface area contributed by atoms with Crippen LogP contribution in [0.4, 0.5) is 5.82 Å². The fourth-order valence-corrected chi connectivity index (χ4v) is 3.47. The number of nitrogens with zero attached hydrogens (tertiary/aromatic N) is 4. The number of carbonyl (C=O) groups is 1. The molecule has 1 saturated heterocycles. The van der Waals surface area contributed by atoms with E-state index in [2.05, 4.69) is 20.3 Å². The van der Waals surface area contributed by atoms with E-state index in [9.17, 15) is 4.79 Å². The standard InChI is InChI=1S/C19H18ClN5O/c20-17-14-8-9-16(24-18(14)23-12-22-17)25-10-4-7-15(25)19(26)21-11-13-5-2-1-3-6-13/h1-3,5-6,8-9,12,15H,4,7,10-11H2,(H,21,26)/t15-/m1/s1. The molecule has 0 unspecified atom stereocenters. The molecule has 7 heteroatoms. The van der Waals surface area contributed by atoms with Gasteiger partial charge in [-0.3, -0.25) is 4.79 Å². The Balaban J connectivity index is 1.52. The number of aromatic nitrogens is 3. The summed E-state index contributed by atoms with van der Waals surface area (Å²) < 4.78 is 0. The van der Waals surface area contributed by atoms with Crippen molar-refractivity contribution in [3.05, 3.63) is 59.5 Å². The molecule has 0 spiro atoms. The van der Waals surface area contributed by atoms with Crippen LogP contribution in [0.5, 0.6) is 0 Å². The van der Waals surface area contributed by atoms with E-state index >= 15 is 0 Å². The average molecular weight is 368 g/mol. The Labute approximate surface area is 156 Å². The number of anilines is 1. The maximum atomic E-state index is 12.7. The van der Waals surface area contributed by atoms with Crippen molar-refractivity contribution in [3.8, 4) is 0 Å². The smallest absolute Gasteiger partial charge is 0.243 e. The molecule has 1 fully saturated rings. The lowest BCUT2D eigenvalue weighted by Gasteiger charge is -2.25. The summed E-state index contributed by atoms with van der Waals surface area (Å²) in [6.45, 7) is 1.32. The van der Waals surface area contributed by atoms with E-state index in [1.807, 2.05) is 47.4 Å². The fraction of sp³-hybridized carbons (Fsp3) is 0.263. The molecule has 3 heterocycles. The summed E-state index contributed by atoms with van der Waals surface area (Å²) in [5.41, 5.74) is 1.62. The number of rotatable bonds is 4. The molecule has 1 aromatic carbocycles. The largest absolute Gasteiger partial charge is 0.350 e. The monoisotopic (exact) mass is 367 g/mol. The Kier molecular flexibility index (Phi) is 4.67. The van der Waals surface area contributed by atoms with E-state index in [0.29, 0.717) is 22.7 Å². The van der Waals surface area contributed by atoms with E-state index in [1.54, 1.807) is 0 Å². The third-order valence-corrected chi connectivity index (χ3v) is 4.89. The Morgan fingerprint density at radius 3 is 2.88 bits per heavy atom. The number of halogens is 1. The lowest BCUT2D eigenvalue weighted by molar-refractivity contribution is -0.122. The summed E-state index contributed by atoms with van der Waals surface area (Å²) >= 11 is 6.08. The third-order valence-electron chi connectivity index (χ3n) is 4.59. The van der Waals surface area contributed by atoms with Crippen LogP contribution < -0.4 is 10.2 Å². The molecule has 1 amide bonds. The Morgan fingerprint density at radius 1 is 1.19 bits per heavy atom. The maximum absolute atomic E-state index is 12.7. The summed E-state index contributed by atoms with van der Waals surface area (Å²) in [5, 5.41) is 4.12. The van der Waals surface area contributed by atoms with E-state index < -0.39 is 0 Å². The quantitative estimate of drug-likeness (QED) is 0.718. The third kappa shape index (κ3) is 3.32. The first-order valence-electron chi connectivity index (χ1n) is 8.58. The highest BCUT2D eigenvalue weighted by molar-refractivity contribution is 6.33. The van der Waals surface area contributed by atoms with Gasteiger partial charge >= 0.3 is 0 Å². The van der Waals surface area contributed by atoms with E-state index in [0.717, 1.165) is 30.8 Å². The van der Waals surface area contributed by atoms with Crippen molar-refractivity contribution in [2.45, 2.75) is 25.4 Å². The van der Waals surface area contributed by atoms with Crippen LogP contribution in [0, 0.1) is 0 Å². The van der Waals surface area contributed by atoms with E-state index in [1.165, 1.54) is 6.33 Å². The Morgan fingerprint density at radius 2 is 2.04 bits per heavy atom. The van der Waals surface area contributed by atoms with Gasteiger partial charge in [-0.25, -0.2) is 15.0 Å². The molecule has 6 nitrogen and oxygen atoms in total. The second kappa shape index (κ2) is 7.25. The van der Waals surface area contributed by atoms with Gasteiger partial charge in [-0.15, -0.1) is 0 Å². The minimum absolute atomic E-state index is 0.0222. The summed E-state index contributed by atoms with van der Waals surface area (Å²) in [5.74, 6) is 0.763. The number of carbonyl (C=O) groups excluding carboxylic acids is 1. The Hall–Kier alpha value is -2.73. The van der Waals surface area contributed by atoms with Gasteiger partial charge in [0.25, 0.3) is 0 Å². The summed E-state index contributed by atoms with van der Waals surface area (Å²) in [4.78, 5) is 27.5. The van der Waals surface area contributed by atoms with Gasteiger partial charge in [-0.05, 0) is 30.5 Å². The first-order valence-corrected chi connectivity index (χ1v) is 8.96. The lowest BCUT2D eigenvalue weighted by atomic mass is 10.2. The van der Waals surface area contributed by atoms with Gasteiger partial charge in [-0.2, -0.15) is 0 Å². The van der Waals surface area contributed by atoms with Crippen LogP contribution in [-0.4, -0.2) is 33.4 Å². The normalized spacial score (nSPS) is 16.8. The summed E-state index contributed by atoms with van der Waals surface area (Å²) in [6.07, 6.45) is 3.16. The van der Waals surface area contributed by atoms with Crippen LogP contribution in [0.2, 0.25) is 5.15 Å². The number of hydrogen-bond acceptors (Lipinski definition) is 5. The minimum atomic E-state index is -0.221. The van der Waals surface area contributed by atoms with Crippen LogP contribution in [0.15, 0.2) is 48.8 Å². The molecule has 1 atom stereocenters. The number of nitrogens with one attached hydrogen (secondary N) is 1. The van der Waals surface area contributed by atoms with Crippen LogP contribution in [0.3, 0.4) is 0 Å². The van der Waals surface area contributed by atoms with Gasteiger partial charge in [0.2, 0.25) is 5.91 Å². The molecule has 0 bridgehead atoms. The highest BCUT2D eigenvalue weighted by atomic mass is 35.5. The maximum Gasteiger partial charge on any atom is 0.243 e. The molecular weight excluding hydrogens is 350 g/mol. The first-order chi connectivity index (χ1) is 12.7. The van der Waals surface area contributed by atoms with E-state index in [4.69, 9.17) is 11.6 Å². The zero-order valence-electron chi connectivity index (χ0n) is 14.1. The number of fused-ring (bicyclic) bond motifs is 1. The molecule has 26 heavy (non-hydrogen) atoms. The second-order valence-electron chi connectivity index (χ2n) is 6.26. The minimum Gasteiger partial charge on any atom is -0.350 e. The number of hydrogen-bond donors (Lipinski definition) is 1. The van der Waals surface area contributed by atoms with Gasteiger partial charge in [0.15, 0.2) is 5.65 Å². The van der Waals surface area contributed by atoms with Crippen LogP contribution >= 0.6 is 11.6 Å². The van der Waals surface area contributed by atoms with Gasteiger partial charge in [0.1, 0.15) is 23.3 Å². The van der Waals surface area contributed by atoms with Crippen LogP contribution in [0.1, 0.15) is 18.4 Å². The van der Waals surface area contributed by atoms with Crippen molar-refractivity contribution in [2.24, 2.45) is 0 Å². The highest BCUT2D eigenvalue weighted by Crippen LogP contribution is 2.27. The summed E-state index contributed by atoms with van der Waals surface area (Å²) in [7, 11) is 0. The van der Waals surface area contributed by atoms with Crippen molar-refractivity contribution in [1.29, 1.82) is 0 Å². The van der Waals surface area contributed by atoms with Crippen molar-refractivity contribution in [3.63, 3.8) is 0 Å². The number of pyridine rings is 1. The van der Waals surface area contributed by atoms with Gasteiger partial charge in [-0.1, -0.05) is 41.9 Å². The SMILES string of the molecule is O=C(NCc1ccccc1)[C@H]1CCCN1c1ccc2c(Cl)ncnc2n1. The zero-order chi connectivity index (χ0) is 17.9. The van der Waals surface area contributed by atoms with Gasteiger partial charge in [0.05, 0.1) is 5.39 Å². The average Bonchev–Trinajstić information content (AvgIpc) is 3.17. The van der Waals surface area contributed by atoms with Crippen molar-refractivity contribution < 1.29 is 4.79 Å². The molecule has 1 aliphatic rings. The number of benzene rings is 1. The zero-order valence-corrected chi connectivity index (χ0v) is 14.9. The molecule has 1 N–H and O–H groups in total. The molecule has 0 radical (unpaired) electrons. The van der Waals surface area contributed by atoms with Crippen LogP contribution in [0.25, 0.3) is 11.0 Å². The van der Waals surface area contributed by atoms with Crippen molar-refractivity contribution in [2.75, 3.05) is 11.4 Å². The van der Waals surface area contributed by atoms with Gasteiger partial charge < -0.3 is 10.2 Å². The molecule has 132 valence electrons. The lowest BCUT2D eigenvalue weighted by Crippen LogP contribution is -2.43. The molecule has 4 rings (SSSR count). The molecular formula is C19H18ClN5O. The Bertz CT molecular complexity index is 934. The molecule has 1 aliphatic heterocycles. The van der Waals surface area contributed by atoms with E-state index in [-0.39, 0.29) is 11.9 Å². The fourth-order valence-electron chi connectivity index (χ4n) is 3.28. The number of amides is 1. The van der Waals surface area contributed by atoms with Crippen molar-refractivity contribution >= 4 is 34.4 Å². The van der Waals surface area contributed by atoms with Crippen molar-refractivity contribution in [1.82, 2.24) is 20.3 Å². The molecule has 2 aromatic heterocycles. The summed E-state index contributed by atoms with van der Waals surface area (Å²) in [6, 6.07) is 13.4. The molecule has 0 aliphatic carbocycles. The predicted molar refractivity (Wildman–Crippen MR) is 101 cm³/mol. The first kappa shape index (κ1) is 16.7.